The standard InChI is InChI=1S/C24H24N2O/c25-16-22-8-4-5-9-23(22)20-12-10-19(11-13-20)17-26-14-15-27-24(18-26)21-6-2-1-3-7-21/h1-6,8-13,21,24H,7,14-15,17-18H2/t21?,24-/m1/s1. The highest BCUT2D eigenvalue weighted by atomic mass is 16.5. The molecule has 2 aliphatic rings. The second-order valence-corrected chi connectivity index (χ2v) is 7.21. The van der Waals surface area contributed by atoms with Crippen molar-refractivity contribution in [2.45, 2.75) is 19.1 Å². The molecule has 27 heavy (non-hydrogen) atoms. The summed E-state index contributed by atoms with van der Waals surface area (Å²) >= 11 is 0. The van der Waals surface area contributed by atoms with Crippen LogP contribution in [0.3, 0.4) is 0 Å². The lowest BCUT2D eigenvalue weighted by Crippen LogP contribution is -2.45. The molecule has 3 heteroatoms. The van der Waals surface area contributed by atoms with E-state index in [1.54, 1.807) is 0 Å². The van der Waals surface area contributed by atoms with Gasteiger partial charge < -0.3 is 4.74 Å². The first-order valence-electron chi connectivity index (χ1n) is 9.59. The van der Waals surface area contributed by atoms with Crippen molar-refractivity contribution in [3.8, 4) is 17.2 Å². The maximum absolute atomic E-state index is 9.31. The van der Waals surface area contributed by atoms with Crippen molar-refractivity contribution in [1.29, 1.82) is 5.26 Å². The molecule has 0 aromatic heterocycles. The van der Waals surface area contributed by atoms with Gasteiger partial charge >= 0.3 is 0 Å². The fourth-order valence-electron chi connectivity index (χ4n) is 3.89. The fourth-order valence-corrected chi connectivity index (χ4v) is 3.89. The molecule has 1 saturated heterocycles. The number of ether oxygens (including phenoxy) is 1. The number of rotatable bonds is 4. The first-order valence-corrected chi connectivity index (χ1v) is 9.59. The zero-order valence-electron chi connectivity index (χ0n) is 15.4. The molecule has 0 bridgehead atoms. The van der Waals surface area contributed by atoms with Crippen LogP contribution in [0, 0.1) is 17.2 Å². The van der Waals surface area contributed by atoms with Crippen molar-refractivity contribution in [2.24, 2.45) is 5.92 Å². The Bertz CT molecular complexity index is 876. The fraction of sp³-hybridized carbons (Fsp3) is 0.292. The monoisotopic (exact) mass is 356 g/mol. The lowest BCUT2D eigenvalue weighted by Gasteiger charge is -2.36. The Morgan fingerprint density at radius 1 is 1.07 bits per heavy atom. The van der Waals surface area contributed by atoms with Gasteiger partial charge in [-0.25, -0.2) is 0 Å². The van der Waals surface area contributed by atoms with Gasteiger partial charge in [-0.15, -0.1) is 0 Å². The molecule has 0 saturated carbocycles. The summed E-state index contributed by atoms with van der Waals surface area (Å²) in [5.74, 6) is 0.489. The highest BCUT2D eigenvalue weighted by molar-refractivity contribution is 5.70. The average molecular weight is 356 g/mol. The summed E-state index contributed by atoms with van der Waals surface area (Å²) in [4.78, 5) is 2.48. The third kappa shape index (κ3) is 4.19. The summed E-state index contributed by atoms with van der Waals surface area (Å²) in [5.41, 5.74) is 4.11. The van der Waals surface area contributed by atoms with E-state index in [2.05, 4.69) is 59.5 Å². The van der Waals surface area contributed by atoms with E-state index in [0.717, 1.165) is 49.4 Å². The van der Waals surface area contributed by atoms with Crippen molar-refractivity contribution in [3.63, 3.8) is 0 Å². The molecule has 4 rings (SSSR count). The largest absolute Gasteiger partial charge is 0.375 e. The van der Waals surface area contributed by atoms with Gasteiger partial charge in [-0.1, -0.05) is 66.8 Å². The SMILES string of the molecule is N#Cc1ccccc1-c1ccc(CN2CCO[C@@H](C3C=CC=CC3)C2)cc1. The van der Waals surface area contributed by atoms with Crippen LogP contribution in [0.25, 0.3) is 11.1 Å². The van der Waals surface area contributed by atoms with Crippen LogP contribution in [0.5, 0.6) is 0 Å². The summed E-state index contributed by atoms with van der Waals surface area (Å²) in [5, 5.41) is 9.31. The lowest BCUT2D eigenvalue weighted by molar-refractivity contribution is -0.0504. The lowest BCUT2D eigenvalue weighted by atomic mass is 9.93. The molecule has 0 spiro atoms. The quantitative estimate of drug-likeness (QED) is 0.806. The normalized spacial score (nSPS) is 22.5. The molecule has 1 fully saturated rings. The second-order valence-electron chi connectivity index (χ2n) is 7.21. The molecule has 1 aliphatic heterocycles. The van der Waals surface area contributed by atoms with E-state index in [4.69, 9.17) is 4.74 Å². The minimum Gasteiger partial charge on any atom is -0.375 e. The van der Waals surface area contributed by atoms with Gasteiger partial charge in [0.1, 0.15) is 0 Å². The molecular formula is C24H24N2O. The number of morpholine rings is 1. The molecule has 2 atom stereocenters. The van der Waals surface area contributed by atoms with Gasteiger partial charge in [0.05, 0.1) is 24.3 Å². The highest BCUT2D eigenvalue weighted by Crippen LogP contribution is 2.25. The van der Waals surface area contributed by atoms with E-state index in [9.17, 15) is 5.26 Å². The van der Waals surface area contributed by atoms with Gasteiger partial charge in [-0.05, 0) is 29.2 Å². The van der Waals surface area contributed by atoms with Crippen LogP contribution < -0.4 is 0 Å². The van der Waals surface area contributed by atoms with Crippen LogP contribution in [0.15, 0.2) is 72.8 Å². The predicted octanol–water partition coefficient (Wildman–Crippen LogP) is 4.56. The van der Waals surface area contributed by atoms with Crippen LogP contribution >= 0.6 is 0 Å². The van der Waals surface area contributed by atoms with E-state index in [1.165, 1.54) is 5.56 Å². The molecule has 0 radical (unpaired) electrons. The second kappa shape index (κ2) is 8.35. The van der Waals surface area contributed by atoms with E-state index < -0.39 is 0 Å². The molecule has 0 N–H and O–H groups in total. The number of allylic oxidation sites excluding steroid dienone is 3. The Morgan fingerprint density at radius 2 is 1.93 bits per heavy atom. The summed E-state index contributed by atoms with van der Waals surface area (Å²) in [6.45, 7) is 3.68. The van der Waals surface area contributed by atoms with Crippen LogP contribution in [0.2, 0.25) is 0 Å². The van der Waals surface area contributed by atoms with Crippen molar-refractivity contribution in [3.05, 3.63) is 84.0 Å². The number of hydrogen-bond donors (Lipinski definition) is 0. The van der Waals surface area contributed by atoms with Gasteiger partial charge in [-0.3, -0.25) is 4.90 Å². The Balaban J connectivity index is 1.42. The maximum Gasteiger partial charge on any atom is 0.0998 e. The number of benzene rings is 2. The smallest absolute Gasteiger partial charge is 0.0998 e. The molecule has 0 amide bonds. The summed E-state index contributed by atoms with van der Waals surface area (Å²) in [6, 6.07) is 18.6. The van der Waals surface area contributed by atoms with Crippen molar-refractivity contribution in [2.75, 3.05) is 19.7 Å². The summed E-state index contributed by atoms with van der Waals surface area (Å²) < 4.78 is 6.03. The molecule has 2 aromatic carbocycles. The van der Waals surface area contributed by atoms with Gasteiger partial charge in [0.2, 0.25) is 0 Å². The van der Waals surface area contributed by atoms with E-state index >= 15 is 0 Å². The Hall–Kier alpha value is -2.67. The Morgan fingerprint density at radius 3 is 2.70 bits per heavy atom. The highest BCUT2D eigenvalue weighted by Gasteiger charge is 2.26. The van der Waals surface area contributed by atoms with Crippen LogP contribution in [-0.4, -0.2) is 30.7 Å². The van der Waals surface area contributed by atoms with Crippen LogP contribution in [0.1, 0.15) is 17.5 Å². The zero-order valence-corrected chi connectivity index (χ0v) is 15.4. The number of nitrogens with zero attached hydrogens (tertiary/aromatic N) is 2. The Kier molecular flexibility index (Phi) is 5.48. The van der Waals surface area contributed by atoms with Crippen molar-refractivity contribution < 1.29 is 4.74 Å². The van der Waals surface area contributed by atoms with Crippen molar-refractivity contribution >= 4 is 0 Å². The van der Waals surface area contributed by atoms with Crippen LogP contribution in [-0.2, 0) is 11.3 Å². The number of hydrogen-bond acceptors (Lipinski definition) is 3. The van der Waals surface area contributed by atoms with Crippen molar-refractivity contribution in [1.82, 2.24) is 4.90 Å². The third-order valence-electron chi connectivity index (χ3n) is 5.39. The molecule has 1 aliphatic carbocycles. The minimum atomic E-state index is 0.279. The molecule has 2 aromatic rings. The van der Waals surface area contributed by atoms with Crippen LogP contribution in [0.4, 0.5) is 0 Å². The van der Waals surface area contributed by atoms with E-state index in [-0.39, 0.29) is 6.10 Å². The Labute approximate surface area is 161 Å². The maximum atomic E-state index is 9.31. The molecule has 1 unspecified atom stereocenters. The zero-order chi connectivity index (χ0) is 18.5. The molecule has 136 valence electrons. The first-order chi connectivity index (χ1) is 13.3. The van der Waals surface area contributed by atoms with Gasteiger partial charge in [0, 0.05) is 25.6 Å². The minimum absolute atomic E-state index is 0.279. The third-order valence-corrected chi connectivity index (χ3v) is 5.39. The molecule has 1 heterocycles. The predicted molar refractivity (Wildman–Crippen MR) is 108 cm³/mol. The first kappa shape index (κ1) is 17.7. The average Bonchev–Trinajstić information content (AvgIpc) is 2.75. The summed E-state index contributed by atoms with van der Waals surface area (Å²) in [6.07, 6.45) is 10.1. The molecule has 3 nitrogen and oxygen atoms in total. The van der Waals surface area contributed by atoms with Gasteiger partial charge in [-0.2, -0.15) is 5.26 Å². The van der Waals surface area contributed by atoms with E-state index in [0.29, 0.717) is 5.92 Å². The molecular weight excluding hydrogens is 332 g/mol. The summed E-state index contributed by atoms with van der Waals surface area (Å²) in [7, 11) is 0. The van der Waals surface area contributed by atoms with E-state index in [1.807, 2.05) is 24.3 Å². The number of nitriles is 1. The topological polar surface area (TPSA) is 36.3 Å². The van der Waals surface area contributed by atoms with Gasteiger partial charge in [0.15, 0.2) is 0 Å². The van der Waals surface area contributed by atoms with Gasteiger partial charge in [0.25, 0.3) is 0 Å².